The Balaban J connectivity index is 1.76. The van der Waals surface area contributed by atoms with Crippen LogP contribution in [0.2, 0.25) is 0 Å². The van der Waals surface area contributed by atoms with E-state index in [4.69, 9.17) is 5.73 Å². The van der Waals surface area contributed by atoms with Gasteiger partial charge in [-0.25, -0.2) is 0 Å². The van der Waals surface area contributed by atoms with Crippen LogP contribution >= 0.6 is 0 Å². The van der Waals surface area contributed by atoms with Gasteiger partial charge in [-0.15, -0.1) is 0 Å². The SMILES string of the molecule is CC(C)(O)c1ccc(N(CCN2CCCC2)c2ccc(C(N)=O)cc2)c2c1CNC2=O. The highest BCUT2D eigenvalue weighted by Crippen LogP contribution is 2.38. The summed E-state index contributed by atoms with van der Waals surface area (Å²) in [4.78, 5) is 28.9. The van der Waals surface area contributed by atoms with Gasteiger partial charge in [0.25, 0.3) is 5.91 Å². The van der Waals surface area contributed by atoms with Crippen molar-refractivity contribution in [2.24, 2.45) is 5.73 Å². The Morgan fingerprint density at radius 1 is 1.16 bits per heavy atom. The number of fused-ring (bicyclic) bond motifs is 1. The molecular weight excluding hydrogens is 392 g/mol. The summed E-state index contributed by atoms with van der Waals surface area (Å²) in [5.74, 6) is -0.596. The number of carbonyl (C=O) groups is 2. The fourth-order valence-corrected chi connectivity index (χ4v) is 4.57. The molecule has 2 heterocycles. The molecule has 4 N–H and O–H groups in total. The molecule has 0 unspecified atom stereocenters. The monoisotopic (exact) mass is 422 g/mol. The van der Waals surface area contributed by atoms with E-state index < -0.39 is 11.5 Å². The van der Waals surface area contributed by atoms with Gasteiger partial charge in [0.1, 0.15) is 0 Å². The largest absolute Gasteiger partial charge is 0.386 e. The summed E-state index contributed by atoms with van der Waals surface area (Å²) in [6, 6.07) is 11.0. The number of benzene rings is 2. The van der Waals surface area contributed by atoms with Gasteiger partial charge in [0, 0.05) is 30.9 Å². The molecule has 2 amide bonds. The maximum Gasteiger partial charge on any atom is 0.254 e. The zero-order chi connectivity index (χ0) is 22.2. The highest BCUT2D eigenvalue weighted by molar-refractivity contribution is 6.05. The average molecular weight is 423 g/mol. The number of amides is 2. The Labute approximate surface area is 182 Å². The van der Waals surface area contributed by atoms with Gasteiger partial charge in [-0.2, -0.15) is 0 Å². The van der Waals surface area contributed by atoms with Gasteiger partial charge in [0.05, 0.1) is 16.9 Å². The van der Waals surface area contributed by atoms with E-state index in [0.717, 1.165) is 42.1 Å². The summed E-state index contributed by atoms with van der Waals surface area (Å²) in [7, 11) is 0. The second-order valence-corrected chi connectivity index (χ2v) is 8.84. The topological polar surface area (TPSA) is 98.9 Å². The predicted molar refractivity (Wildman–Crippen MR) is 120 cm³/mol. The Morgan fingerprint density at radius 2 is 1.84 bits per heavy atom. The number of primary amides is 1. The molecule has 0 atom stereocenters. The van der Waals surface area contributed by atoms with Gasteiger partial charge in [0.2, 0.25) is 5.91 Å². The van der Waals surface area contributed by atoms with E-state index in [0.29, 0.717) is 24.2 Å². The molecule has 1 saturated heterocycles. The zero-order valence-corrected chi connectivity index (χ0v) is 18.1. The van der Waals surface area contributed by atoms with Crippen molar-refractivity contribution in [1.29, 1.82) is 0 Å². The molecule has 0 bridgehead atoms. The highest BCUT2D eigenvalue weighted by atomic mass is 16.3. The summed E-state index contributed by atoms with van der Waals surface area (Å²) in [6.07, 6.45) is 2.43. The first-order valence-corrected chi connectivity index (χ1v) is 10.8. The second-order valence-electron chi connectivity index (χ2n) is 8.84. The molecule has 0 radical (unpaired) electrons. The molecule has 1 fully saturated rings. The van der Waals surface area contributed by atoms with E-state index in [9.17, 15) is 14.7 Å². The third-order valence-electron chi connectivity index (χ3n) is 6.20. The summed E-state index contributed by atoms with van der Waals surface area (Å²) in [5.41, 5.74) is 8.72. The van der Waals surface area contributed by atoms with Crippen molar-refractivity contribution in [2.75, 3.05) is 31.1 Å². The van der Waals surface area contributed by atoms with Crippen molar-refractivity contribution in [2.45, 2.75) is 38.8 Å². The van der Waals surface area contributed by atoms with Crippen LogP contribution in [0.5, 0.6) is 0 Å². The van der Waals surface area contributed by atoms with E-state index in [-0.39, 0.29) is 5.91 Å². The number of nitrogens with zero attached hydrogens (tertiary/aromatic N) is 2. The van der Waals surface area contributed by atoms with E-state index >= 15 is 0 Å². The quantitative estimate of drug-likeness (QED) is 0.637. The van der Waals surface area contributed by atoms with Crippen LogP contribution < -0.4 is 16.0 Å². The molecule has 2 aromatic carbocycles. The third-order valence-corrected chi connectivity index (χ3v) is 6.20. The van der Waals surface area contributed by atoms with Crippen molar-refractivity contribution < 1.29 is 14.7 Å². The lowest BCUT2D eigenvalue weighted by molar-refractivity contribution is 0.0776. The summed E-state index contributed by atoms with van der Waals surface area (Å²) in [5, 5.41) is 13.5. The van der Waals surface area contributed by atoms with Gasteiger partial charge in [-0.1, -0.05) is 6.07 Å². The molecule has 2 aliphatic rings. The van der Waals surface area contributed by atoms with E-state index in [1.807, 2.05) is 24.3 Å². The Bertz CT molecular complexity index is 989. The van der Waals surface area contributed by atoms with Crippen LogP contribution in [-0.2, 0) is 12.1 Å². The van der Waals surface area contributed by atoms with Gasteiger partial charge < -0.3 is 26.0 Å². The van der Waals surface area contributed by atoms with Crippen molar-refractivity contribution >= 4 is 23.2 Å². The summed E-state index contributed by atoms with van der Waals surface area (Å²) < 4.78 is 0. The Hall–Kier alpha value is -2.90. The fraction of sp³-hybridized carbons (Fsp3) is 0.417. The van der Waals surface area contributed by atoms with E-state index in [1.54, 1.807) is 26.0 Å². The summed E-state index contributed by atoms with van der Waals surface area (Å²) in [6.45, 7) is 7.63. The van der Waals surface area contributed by atoms with Gasteiger partial charge >= 0.3 is 0 Å². The number of aliphatic hydroxyl groups is 1. The first kappa shape index (κ1) is 21.3. The fourth-order valence-electron chi connectivity index (χ4n) is 4.57. The zero-order valence-electron chi connectivity index (χ0n) is 18.1. The minimum atomic E-state index is -1.04. The normalized spacial score (nSPS) is 16.3. The second kappa shape index (κ2) is 8.32. The van der Waals surface area contributed by atoms with E-state index in [2.05, 4.69) is 15.1 Å². The van der Waals surface area contributed by atoms with Crippen LogP contribution in [0.25, 0.3) is 0 Å². The third kappa shape index (κ3) is 4.29. The Morgan fingerprint density at radius 3 is 2.45 bits per heavy atom. The van der Waals surface area contributed by atoms with Crippen LogP contribution in [0.4, 0.5) is 11.4 Å². The smallest absolute Gasteiger partial charge is 0.254 e. The summed E-state index contributed by atoms with van der Waals surface area (Å²) >= 11 is 0. The lowest BCUT2D eigenvalue weighted by Gasteiger charge is -2.30. The molecular formula is C24H30N4O3. The minimum absolute atomic E-state index is 0.129. The lowest BCUT2D eigenvalue weighted by atomic mass is 9.90. The number of hydrogen-bond acceptors (Lipinski definition) is 5. The molecule has 164 valence electrons. The minimum Gasteiger partial charge on any atom is -0.386 e. The molecule has 2 aliphatic heterocycles. The van der Waals surface area contributed by atoms with Crippen molar-refractivity contribution in [3.8, 4) is 0 Å². The highest BCUT2D eigenvalue weighted by Gasteiger charge is 2.32. The molecule has 0 spiro atoms. The molecule has 4 rings (SSSR count). The predicted octanol–water partition coefficient (Wildman–Crippen LogP) is 2.49. The molecule has 0 saturated carbocycles. The molecule has 7 nitrogen and oxygen atoms in total. The van der Waals surface area contributed by atoms with Crippen LogP contribution in [0, 0.1) is 0 Å². The molecule has 31 heavy (non-hydrogen) atoms. The number of nitrogens with two attached hydrogens (primary N) is 1. The molecule has 0 aliphatic carbocycles. The molecule has 2 aromatic rings. The van der Waals surface area contributed by atoms with Crippen LogP contribution in [0.1, 0.15) is 58.5 Å². The molecule has 7 heteroatoms. The standard InChI is InChI=1S/C24H30N4O3/c1-24(2,31)19-9-10-20(21-18(19)15-26-23(21)30)28(14-13-27-11-3-4-12-27)17-7-5-16(6-8-17)22(25)29/h5-10,31H,3-4,11-15H2,1-2H3,(H2,25,29)(H,26,30). The van der Waals surface area contributed by atoms with Crippen LogP contribution in [0.3, 0.4) is 0 Å². The maximum atomic E-state index is 12.8. The van der Waals surface area contributed by atoms with Gasteiger partial charge in [-0.05, 0) is 81.2 Å². The first-order chi connectivity index (χ1) is 14.8. The first-order valence-electron chi connectivity index (χ1n) is 10.8. The van der Waals surface area contributed by atoms with E-state index in [1.165, 1.54) is 12.8 Å². The van der Waals surface area contributed by atoms with Crippen molar-refractivity contribution in [1.82, 2.24) is 10.2 Å². The number of nitrogens with one attached hydrogen (secondary N) is 1. The molecule has 0 aromatic heterocycles. The average Bonchev–Trinajstić information content (AvgIpc) is 3.38. The number of anilines is 2. The maximum absolute atomic E-state index is 12.8. The number of likely N-dealkylation sites (tertiary alicyclic amines) is 1. The van der Waals surface area contributed by atoms with Crippen molar-refractivity contribution in [3.63, 3.8) is 0 Å². The Kier molecular flexibility index (Phi) is 5.73. The van der Waals surface area contributed by atoms with Crippen molar-refractivity contribution in [3.05, 3.63) is 58.7 Å². The van der Waals surface area contributed by atoms with Crippen LogP contribution in [0.15, 0.2) is 36.4 Å². The number of carbonyl (C=O) groups excluding carboxylic acids is 2. The number of rotatable bonds is 7. The van der Waals surface area contributed by atoms with Gasteiger partial charge in [0.15, 0.2) is 0 Å². The van der Waals surface area contributed by atoms with Crippen LogP contribution in [-0.4, -0.2) is 48.0 Å². The number of hydrogen-bond donors (Lipinski definition) is 3. The van der Waals surface area contributed by atoms with Gasteiger partial charge in [-0.3, -0.25) is 9.59 Å². The lowest BCUT2D eigenvalue weighted by Crippen LogP contribution is -2.32.